The van der Waals surface area contributed by atoms with Gasteiger partial charge in [-0.1, -0.05) is 26.0 Å². The van der Waals surface area contributed by atoms with E-state index in [4.69, 9.17) is 9.94 Å². The molecule has 126 valence electrons. The zero-order valence-electron chi connectivity index (χ0n) is 13.4. The zero-order valence-corrected chi connectivity index (χ0v) is 13.4. The summed E-state index contributed by atoms with van der Waals surface area (Å²) in [7, 11) is 0. The smallest absolute Gasteiger partial charge is 0.341 e. The molecule has 0 radical (unpaired) electrons. The van der Waals surface area contributed by atoms with Gasteiger partial charge in [-0.05, 0) is 35.7 Å². The third-order valence-electron chi connectivity index (χ3n) is 3.34. The standard InChI is InChI=1S/C17H18N2O5/c1-11(2)12-5-7-13(8-6-12)18-15(20)10-24-19-9-3-4-14(16(19)21)17(22)23/h3-9,11H,10H2,1-2H3,(H,18,20)(H,22,23). The van der Waals surface area contributed by atoms with E-state index in [0.29, 0.717) is 11.6 Å². The topological polar surface area (TPSA) is 97.6 Å². The van der Waals surface area contributed by atoms with E-state index in [2.05, 4.69) is 19.2 Å². The van der Waals surface area contributed by atoms with Crippen LogP contribution in [-0.4, -0.2) is 28.3 Å². The van der Waals surface area contributed by atoms with E-state index in [0.717, 1.165) is 10.3 Å². The fraction of sp³-hybridized carbons (Fsp3) is 0.235. The number of hydrogen-bond donors (Lipinski definition) is 2. The van der Waals surface area contributed by atoms with Gasteiger partial charge in [-0.15, -0.1) is 0 Å². The molecule has 0 saturated carbocycles. The average Bonchev–Trinajstić information content (AvgIpc) is 2.54. The lowest BCUT2D eigenvalue weighted by molar-refractivity contribution is -0.120. The molecule has 1 heterocycles. The predicted molar refractivity (Wildman–Crippen MR) is 88.3 cm³/mol. The molecule has 24 heavy (non-hydrogen) atoms. The maximum atomic E-state index is 11.9. The number of aromatic nitrogens is 1. The number of carboxylic acids is 1. The van der Waals surface area contributed by atoms with E-state index < -0.39 is 29.6 Å². The minimum absolute atomic E-state index is 0.395. The number of benzene rings is 1. The molecule has 2 rings (SSSR count). The molecule has 2 aromatic rings. The second-order valence-electron chi connectivity index (χ2n) is 5.46. The molecule has 0 atom stereocenters. The van der Waals surface area contributed by atoms with Crippen LogP contribution in [0.1, 0.15) is 35.7 Å². The van der Waals surface area contributed by atoms with Gasteiger partial charge in [0.2, 0.25) is 0 Å². The van der Waals surface area contributed by atoms with Gasteiger partial charge in [-0.25, -0.2) is 4.79 Å². The third kappa shape index (κ3) is 4.22. The van der Waals surface area contributed by atoms with Gasteiger partial charge in [-0.3, -0.25) is 9.59 Å². The lowest BCUT2D eigenvalue weighted by Crippen LogP contribution is -2.34. The number of rotatable bonds is 6. The summed E-state index contributed by atoms with van der Waals surface area (Å²) in [4.78, 5) is 39.6. The number of hydrogen-bond acceptors (Lipinski definition) is 4. The summed E-state index contributed by atoms with van der Waals surface area (Å²) in [5.74, 6) is -1.42. The molecule has 7 heteroatoms. The maximum Gasteiger partial charge on any atom is 0.341 e. The SMILES string of the molecule is CC(C)c1ccc(NC(=O)COn2cccc(C(=O)O)c2=O)cc1. The average molecular weight is 330 g/mol. The van der Waals surface area contributed by atoms with E-state index in [1.807, 2.05) is 12.1 Å². The van der Waals surface area contributed by atoms with Crippen molar-refractivity contribution in [2.24, 2.45) is 0 Å². The molecule has 0 aliphatic heterocycles. The van der Waals surface area contributed by atoms with Crippen LogP contribution >= 0.6 is 0 Å². The molecule has 1 aromatic heterocycles. The Bertz CT molecular complexity index is 793. The maximum absolute atomic E-state index is 11.9. The van der Waals surface area contributed by atoms with Crippen LogP contribution in [0.25, 0.3) is 0 Å². The number of aromatic carboxylic acids is 1. The highest BCUT2D eigenvalue weighted by atomic mass is 16.7. The van der Waals surface area contributed by atoms with Gasteiger partial charge >= 0.3 is 5.97 Å². The summed E-state index contributed by atoms with van der Waals surface area (Å²) < 4.78 is 0.727. The van der Waals surface area contributed by atoms with Crippen molar-refractivity contribution in [3.63, 3.8) is 0 Å². The number of pyridine rings is 1. The van der Waals surface area contributed by atoms with Gasteiger partial charge < -0.3 is 15.3 Å². The first-order valence-electron chi connectivity index (χ1n) is 7.36. The molecule has 0 spiro atoms. The molecule has 0 bridgehead atoms. The number of amides is 1. The molecule has 0 fully saturated rings. The monoisotopic (exact) mass is 330 g/mol. The van der Waals surface area contributed by atoms with Crippen LogP contribution in [0.2, 0.25) is 0 Å². The number of carboxylic acid groups (broad SMARTS) is 1. The quantitative estimate of drug-likeness (QED) is 0.841. The van der Waals surface area contributed by atoms with Gasteiger partial charge in [0.1, 0.15) is 5.56 Å². The Balaban J connectivity index is 1.97. The lowest BCUT2D eigenvalue weighted by Gasteiger charge is -2.10. The van der Waals surface area contributed by atoms with E-state index in [1.54, 1.807) is 12.1 Å². The fourth-order valence-corrected chi connectivity index (χ4v) is 2.02. The number of carbonyl (C=O) groups excluding carboxylic acids is 1. The van der Waals surface area contributed by atoms with Crippen molar-refractivity contribution in [3.8, 4) is 0 Å². The van der Waals surface area contributed by atoms with Gasteiger partial charge in [0.15, 0.2) is 6.61 Å². The highest BCUT2D eigenvalue weighted by molar-refractivity contribution is 5.91. The summed E-state index contributed by atoms with van der Waals surface area (Å²) in [5, 5.41) is 11.5. The van der Waals surface area contributed by atoms with Gasteiger partial charge in [-0.2, -0.15) is 4.73 Å². The summed E-state index contributed by atoms with van der Waals surface area (Å²) in [6, 6.07) is 9.92. The van der Waals surface area contributed by atoms with Crippen molar-refractivity contribution in [1.82, 2.24) is 4.73 Å². The number of nitrogens with zero attached hydrogens (tertiary/aromatic N) is 1. The molecule has 2 N–H and O–H groups in total. The highest BCUT2D eigenvalue weighted by Gasteiger charge is 2.12. The second kappa shape index (κ2) is 7.45. The first-order chi connectivity index (χ1) is 11.4. The van der Waals surface area contributed by atoms with Crippen LogP contribution in [0.15, 0.2) is 47.4 Å². The summed E-state index contributed by atoms with van der Waals surface area (Å²) in [6.45, 7) is 3.73. The third-order valence-corrected chi connectivity index (χ3v) is 3.34. The lowest BCUT2D eigenvalue weighted by atomic mass is 10.0. The Hall–Kier alpha value is -3.09. The molecule has 1 amide bonds. The van der Waals surface area contributed by atoms with Crippen LogP contribution in [-0.2, 0) is 4.79 Å². The molecule has 7 nitrogen and oxygen atoms in total. The molecular weight excluding hydrogens is 312 g/mol. The van der Waals surface area contributed by atoms with Crippen molar-refractivity contribution in [1.29, 1.82) is 0 Å². The first-order valence-corrected chi connectivity index (χ1v) is 7.36. The largest absolute Gasteiger partial charge is 0.477 e. The molecule has 0 aliphatic carbocycles. The number of nitrogens with one attached hydrogen (secondary N) is 1. The van der Waals surface area contributed by atoms with Crippen molar-refractivity contribution < 1.29 is 19.5 Å². The Morgan fingerprint density at radius 1 is 1.21 bits per heavy atom. The van der Waals surface area contributed by atoms with Crippen LogP contribution in [0.4, 0.5) is 5.69 Å². The number of carbonyl (C=O) groups is 2. The van der Waals surface area contributed by atoms with Crippen molar-refractivity contribution in [3.05, 3.63) is 64.1 Å². The zero-order chi connectivity index (χ0) is 17.7. The van der Waals surface area contributed by atoms with Gasteiger partial charge in [0, 0.05) is 11.9 Å². The van der Waals surface area contributed by atoms with Crippen LogP contribution in [0.5, 0.6) is 0 Å². The van der Waals surface area contributed by atoms with E-state index in [9.17, 15) is 14.4 Å². The Morgan fingerprint density at radius 2 is 1.88 bits per heavy atom. The fourth-order valence-electron chi connectivity index (χ4n) is 2.02. The van der Waals surface area contributed by atoms with Crippen LogP contribution < -0.4 is 15.7 Å². The van der Waals surface area contributed by atoms with E-state index in [-0.39, 0.29) is 0 Å². The minimum atomic E-state index is -1.35. The molecule has 0 unspecified atom stereocenters. The first kappa shape index (κ1) is 17.3. The van der Waals surface area contributed by atoms with Gasteiger partial charge in [0.05, 0.1) is 0 Å². The van der Waals surface area contributed by atoms with Crippen molar-refractivity contribution >= 4 is 17.6 Å². The normalized spacial score (nSPS) is 10.5. The Morgan fingerprint density at radius 3 is 2.46 bits per heavy atom. The van der Waals surface area contributed by atoms with Crippen LogP contribution in [0, 0.1) is 0 Å². The van der Waals surface area contributed by atoms with E-state index in [1.165, 1.54) is 18.3 Å². The predicted octanol–water partition coefficient (Wildman–Crippen LogP) is 1.74. The number of anilines is 1. The molecule has 0 aliphatic rings. The van der Waals surface area contributed by atoms with Crippen molar-refractivity contribution in [2.75, 3.05) is 11.9 Å². The second-order valence-corrected chi connectivity index (χ2v) is 5.46. The van der Waals surface area contributed by atoms with Crippen LogP contribution in [0.3, 0.4) is 0 Å². The highest BCUT2D eigenvalue weighted by Crippen LogP contribution is 2.16. The Labute approximate surface area is 138 Å². The summed E-state index contributed by atoms with van der Waals surface area (Å²) in [5.41, 5.74) is 0.502. The molecular formula is C17H18N2O5. The Kier molecular flexibility index (Phi) is 5.36. The summed E-state index contributed by atoms with van der Waals surface area (Å²) >= 11 is 0. The molecule has 1 aromatic carbocycles. The van der Waals surface area contributed by atoms with E-state index >= 15 is 0 Å². The molecule has 0 saturated heterocycles. The minimum Gasteiger partial charge on any atom is -0.477 e. The summed E-state index contributed by atoms with van der Waals surface area (Å²) in [6.07, 6.45) is 1.25. The van der Waals surface area contributed by atoms with Crippen molar-refractivity contribution in [2.45, 2.75) is 19.8 Å². The van der Waals surface area contributed by atoms with Gasteiger partial charge in [0.25, 0.3) is 11.5 Å².